The van der Waals surface area contributed by atoms with Crippen LogP contribution in [0, 0.1) is 11.3 Å². The number of unbranched alkanes of at least 4 members (excludes halogenated alkanes) is 7. The summed E-state index contributed by atoms with van der Waals surface area (Å²) in [5.41, 5.74) is 6.29. The molecule has 11 nitrogen and oxygen atoms in total. The molecule has 6 N–H and O–H groups in total. The standard InChI is InChI=1S/C28H53N9O2/c1-3-23(2)21-24-22-37(35-34-24)25(13-12-16-33-28(29)30)27(39)32-15-11-9-7-5-4-6-8-10-14-26(38)36-19-17-31-18-20-36/h22-23,25,31H,3-21H2,1-2H3,(H,32,39)(H4,29,30,33)/t23-,25-/m0/s1. The van der Waals surface area contributed by atoms with Crippen molar-refractivity contribution in [3.8, 4) is 0 Å². The van der Waals surface area contributed by atoms with E-state index in [0.29, 0.717) is 44.2 Å². The van der Waals surface area contributed by atoms with E-state index in [1.807, 2.05) is 11.1 Å². The second-order valence-electron chi connectivity index (χ2n) is 10.9. The number of nitrogens with two attached hydrogens (primary N) is 1. The summed E-state index contributed by atoms with van der Waals surface area (Å²) < 4.78 is 1.69. The number of piperazine rings is 1. The van der Waals surface area contributed by atoms with Gasteiger partial charge in [0.15, 0.2) is 5.96 Å². The normalized spacial score (nSPS) is 15.1. The van der Waals surface area contributed by atoms with Crippen molar-refractivity contribution in [3.63, 3.8) is 0 Å². The number of guanidine groups is 1. The van der Waals surface area contributed by atoms with Crippen LogP contribution in [0.25, 0.3) is 0 Å². The van der Waals surface area contributed by atoms with Gasteiger partial charge in [-0.05, 0) is 38.0 Å². The molecule has 11 heteroatoms. The van der Waals surface area contributed by atoms with Crippen LogP contribution in [0.5, 0.6) is 0 Å². The van der Waals surface area contributed by atoms with Crippen molar-refractivity contribution in [2.24, 2.45) is 11.7 Å². The van der Waals surface area contributed by atoms with Crippen LogP contribution in [-0.2, 0) is 16.0 Å². The van der Waals surface area contributed by atoms with Gasteiger partial charge in [0, 0.05) is 51.9 Å². The van der Waals surface area contributed by atoms with Crippen LogP contribution in [0.15, 0.2) is 6.20 Å². The van der Waals surface area contributed by atoms with Crippen LogP contribution in [-0.4, -0.2) is 76.9 Å². The maximum absolute atomic E-state index is 13.0. The van der Waals surface area contributed by atoms with E-state index in [2.05, 4.69) is 40.1 Å². The summed E-state index contributed by atoms with van der Waals surface area (Å²) in [7, 11) is 0. The Balaban J connectivity index is 1.59. The van der Waals surface area contributed by atoms with Crippen molar-refractivity contribution in [3.05, 3.63) is 11.9 Å². The number of nitrogens with zero attached hydrogens (tertiary/aromatic N) is 4. The third-order valence-corrected chi connectivity index (χ3v) is 7.49. The quantitative estimate of drug-likeness (QED) is 0.0955. The van der Waals surface area contributed by atoms with E-state index >= 15 is 0 Å². The fourth-order valence-corrected chi connectivity index (χ4v) is 4.83. The molecular formula is C28H53N9O2. The highest BCUT2D eigenvalue weighted by molar-refractivity contribution is 5.80. The van der Waals surface area contributed by atoms with Crippen molar-refractivity contribution in [1.29, 1.82) is 5.41 Å². The second-order valence-corrected chi connectivity index (χ2v) is 10.9. The second kappa shape index (κ2) is 19.4. The van der Waals surface area contributed by atoms with Gasteiger partial charge >= 0.3 is 0 Å². The number of hydrogen-bond acceptors (Lipinski definition) is 6. The minimum absolute atomic E-state index is 0.0341. The van der Waals surface area contributed by atoms with E-state index in [-0.39, 0.29) is 11.9 Å². The Morgan fingerprint density at radius 2 is 1.67 bits per heavy atom. The topological polar surface area (TPSA) is 154 Å². The third-order valence-electron chi connectivity index (χ3n) is 7.49. The molecule has 0 radical (unpaired) electrons. The lowest BCUT2D eigenvalue weighted by Crippen LogP contribution is -2.46. The molecule has 2 rings (SSSR count). The van der Waals surface area contributed by atoms with Crippen molar-refractivity contribution in [2.45, 2.75) is 103 Å². The van der Waals surface area contributed by atoms with E-state index in [0.717, 1.165) is 76.8 Å². The lowest BCUT2D eigenvalue weighted by Gasteiger charge is -2.27. The summed E-state index contributed by atoms with van der Waals surface area (Å²) in [6.45, 7) is 9.07. The van der Waals surface area contributed by atoms with Crippen LogP contribution in [0.1, 0.15) is 103 Å². The van der Waals surface area contributed by atoms with E-state index in [9.17, 15) is 9.59 Å². The lowest BCUT2D eigenvalue weighted by molar-refractivity contribution is -0.131. The predicted molar refractivity (Wildman–Crippen MR) is 155 cm³/mol. The monoisotopic (exact) mass is 547 g/mol. The zero-order valence-electron chi connectivity index (χ0n) is 24.3. The molecule has 1 aromatic heterocycles. The number of nitrogens with one attached hydrogen (secondary N) is 4. The van der Waals surface area contributed by atoms with Crippen LogP contribution >= 0.6 is 0 Å². The van der Waals surface area contributed by atoms with Gasteiger partial charge in [-0.15, -0.1) is 5.10 Å². The third kappa shape index (κ3) is 13.8. The largest absolute Gasteiger partial charge is 0.370 e. The molecule has 0 aromatic carbocycles. The number of aromatic nitrogens is 3. The van der Waals surface area contributed by atoms with Crippen LogP contribution in [0.2, 0.25) is 0 Å². The lowest BCUT2D eigenvalue weighted by atomic mass is 10.0. The molecule has 1 fully saturated rings. The molecule has 0 aliphatic carbocycles. The fourth-order valence-electron chi connectivity index (χ4n) is 4.83. The molecule has 2 heterocycles. The average molecular weight is 548 g/mol. The number of amides is 2. The molecule has 1 aliphatic heterocycles. The van der Waals surface area contributed by atoms with Gasteiger partial charge in [-0.3, -0.25) is 15.0 Å². The molecule has 222 valence electrons. The maximum atomic E-state index is 13.0. The summed E-state index contributed by atoms with van der Waals surface area (Å²) in [6, 6.07) is -0.421. The first-order valence-corrected chi connectivity index (χ1v) is 15.2. The Morgan fingerprint density at radius 1 is 1.03 bits per heavy atom. The van der Waals surface area contributed by atoms with Gasteiger partial charge in [0.25, 0.3) is 0 Å². The Kier molecular flexibility index (Phi) is 16.2. The van der Waals surface area contributed by atoms with Crippen molar-refractivity contribution >= 4 is 17.8 Å². The van der Waals surface area contributed by atoms with Gasteiger partial charge < -0.3 is 26.6 Å². The molecular weight excluding hydrogens is 494 g/mol. The minimum Gasteiger partial charge on any atom is -0.370 e. The Labute approximate surface area is 234 Å². The molecule has 1 saturated heterocycles. The average Bonchev–Trinajstić information content (AvgIpc) is 3.39. The highest BCUT2D eigenvalue weighted by Crippen LogP contribution is 2.16. The Hall–Kier alpha value is -2.69. The van der Waals surface area contributed by atoms with Gasteiger partial charge in [-0.25, -0.2) is 4.68 Å². The summed E-state index contributed by atoms with van der Waals surface area (Å²) in [5.74, 6) is 0.736. The first-order valence-electron chi connectivity index (χ1n) is 15.2. The highest BCUT2D eigenvalue weighted by atomic mass is 16.2. The summed E-state index contributed by atoms with van der Waals surface area (Å²) >= 11 is 0. The van der Waals surface area contributed by atoms with E-state index < -0.39 is 6.04 Å². The van der Waals surface area contributed by atoms with Gasteiger partial charge in [-0.2, -0.15) is 0 Å². The number of hydrogen-bond donors (Lipinski definition) is 5. The number of carbonyl (C=O) groups is 2. The van der Waals surface area contributed by atoms with Gasteiger partial charge in [0.2, 0.25) is 11.8 Å². The van der Waals surface area contributed by atoms with E-state index in [4.69, 9.17) is 11.1 Å². The molecule has 2 atom stereocenters. The first-order chi connectivity index (χ1) is 18.9. The molecule has 0 saturated carbocycles. The highest BCUT2D eigenvalue weighted by Gasteiger charge is 2.22. The Morgan fingerprint density at radius 3 is 2.33 bits per heavy atom. The van der Waals surface area contributed by atoms with Crippen molar-refractivity contribution < 1.29 is 9.59 Å². The number of carbonyl (C=O) groups excluding carboxylic acids is 2. The maximum Gasteiger partial charge on any atom is 0.244 e. The fraction of sp³-hybridized carbons (Fsp3) is 0.821. The van der Waals surface area contributed by atoms with Crippen molar-refractivity contribution in [2.75, 3.05) is 39.3 Å². The molecule has 1 aromatic rings. The minimum atomic E-state index is -0.421. The summed E-state index contributed by atoms with van der Waals surface area (Å²) in [6.07, 6.45) is 14.7. The zero-order chi connectivity index (χ0) is 28.3. The predicted octanol–water partition coefficient (Wildman–Crippen LogP) is 2.73. The molecule has 1 aliphatic rings. The van der Waals surface area contributed by atoms with Gasteiger partial charge in [0.1, 0.15) is 6.04 Å². The Bertz CT molecular complexity index is 839. The zero-order valence-corrected chi connectivity index (χ0v) is 24.3. The molecule has 0 unspecified atom stereocenters. The SMILES string of the molecule is CC[C@H](C)Cc1cn([C@@H](CCCNC(=N)N)C(=O)NCCCCCCCCCCC(=O)N2CCNCC2)nn1. The van der Waals surface area contributed by atoms with Crippen LogP contribution < -0.4 is 21.7 Å². The van der Waals surface area contributed by atoms with E-state index in [1.54, 1.807) is 4.68 Å². The smallest absolute Gasteiger partial charge is 0.244 e. The first kappa shape index (κ1) is 32.5. The van der Waals surface area contributed by atoms with E-state index in [1.165, 1.54) is 19.3 Å². The molecule has 2 amide bonds. The van der Waals surface area contributed by atoms with Crippen LogP contribution in [0.3, 0.4) is 0 Å². The van der Waals surface area contributed by atoms with Gasteiger partial charge in [-0.1, -0.05) is 64.0 Å². The van der Waals surface area contributed by atoms with Crippen molar-refractivity contribution in [1.82, 2.24) is 35.8 Å². The molecule has 0 bridgehead atoms. The van der Waals surface area contributed by atoms with Gasteiger partial charge in [0.05, 0.1) is 5.69 Å². The van der Waals surface area contributed by atoms with Crippen LogP contribution in [0.4, 0.5) is 0 Å². The molecule has 0 spiro atoms. The summed E-state index contributed by atoms with van der Waals surface area (Å²) in [5, 5.41) is 25.1. The molecule has 39 heavy (non-hydrogen) atoms. The number of rotatable bonds is 20. The summed E-state index contributed by atoms with van der Waals surface area (Å²) in [4.78, 5) is 27.2.